The number of hydrogen-bond acceptors (Lipinski definition) is 2. The van der Waals surface area contributed by atoms with E-state index in [2.05, 4.69) is 0 Å². The number of nitrogens with zero attached hydrogens (tertiary/aromatic N) is 2. The fraction of sp³-hybridized carbons (Fsp3) is 0.200. The number of pyridine rings is 1. The smallest absolute Gasteiger partial charge is 0.317 e. The third-order valence-electron chi connectivity index (χ3n) is 3.18. The molecule has 0 saturated heterocycles. The second kappa shape index (κ2) is 5.09. The molecule has 0 bridgehead atoms. The molecule has 3 nitrogen and oxygen atoms in total. The number of aryl methyl sites for hydroxylation is 1. The molecule has 1 aromatic heterocycles. The van der Waals surface area contributed by atoms with Crippen molar-refractivity contribution in [3.05, 3.63) is 63.1 Å². The molecule has 0 aliphatic heterocycles. The van der Waals surface area contributed by atoms with Gasteiger partial charge in [-0.2, -0.15) is 18.4 Å². The summed E-state index contributed by atoms with van der Waals surface area (Å²) in [5, 5.41) is 9.00. The summed E-state index contributed by atoms with van der Waals surface area (Å²) in [4.78, 5) is 11.7. The van der Waals surface area contributed by atoms with Gasteiger partial charge in [0.1, 0.15) is 11.6 Å². The molecule has 2 rings (SSSR count). The van der Waals surface area contributed by atoms with Gasteiger partial charge in [0.25, 0.3) is 0 Å². The van der Waals surface area contributed by atoms with Gasteiger partial charge in [0.2, 0.25) is 0 Å². The summed E-state index contributed by atoms with van der Waals surface area (Å²) in [5.74, 6) is 0. The molecule has 0 aliphatic rings. The first kappa shape index (κ1) is 14.9. The number of benzene rings is 1. The minimum absolute atomic E-state index is 0.0713. The van der Waals surface area contributed by atoms with E-state index in [0.717, 1.165) is 12.1 Å². The van der Waals surface area contributed by atoms with Gasteiger partial charge >= 0.3 is 6.18 Å². The van der Waals surface area contributed by atoms with Crippen LogP contribution in [0.25, 0.3) is 5.69 Å². The Labute approximate surface area is 118 Å². The third-order valence-corrected chi connectivity index (χ3v) is 3.18. The highest BCUT2D eigenvalue weighted by atomic mass is 19.4. The number of halogens is 3. The van der Waals surface area contributed by atoms with Gasteiger partial charge in [-0.05, 0) is 32.0 Å². The molecule has 108 valence electrons. The zero-order valence-corrected chi connectivity index (χ0v) is 11.3. The molecule has 2 aromatic rings. The van der Waals surface area contributed by atoms with Gasteiger partial charge in [-0.25, -0.2) is 0 Å². The largest absolute Gasteiger partial charge is 0.416 e. The summed E-state index contributed by atoms with van der Waals surface area (Å²) >= 11 is 0. The lowest BCUT2D eigenvalue weighted by Crippen LogP contribution is -2.17. The maximum atomic E-state index is 12.8. The first-order valence-corrected chi connectivity index (χ1v) is 6.06. The maximum absolute atomic E-state index is 12.8. The quantitative estimate of drug-likeness (QED) is 0.809. The Bertz CT molecular complexity index is 798. The van der Waals surface area contributed by atoms with E-state index in [1.807, 2.05) is 0 Å². The highest BCUT2D eigenvalue weighted by molar-refractivity contribution is 5.45. The SMILES string of the molecule is Cc1cc(=O)c(C#N)c(C)n1-c1cccc(C(F)(F)F)c1. The molecule has 0 spiro atoms. The van der Waals surface area contributed by atoms with Crippen molar-refractivity contribution in [2.45, 2.75) is 20.0 Å². The fourth-order valence-corrected chi connectivity index (χ4v) is 2.24. The molecular weight excluding hydrogens is 281 g/mol. The molecule has 0 aliphatic carbocycles. The predicted molar refractivity (Wildman–Crippen MR) is 71.2 cm³/mol. The van der Waals surface area contributed by atoms with Crippen LogP contribution >= 0.6 is 0 Å². The Kier molecular flexibility index (Phi) is 3.60. The summed E-state index contributed by atoms with van der Waals surface area (Å²) in [6, 6.07) is 7.79. The lowest BCUT2D eigenvalue weighted by Gasteiger charge is -2.17. The molecule has 0 fully saturated rings. The lowest BCUT2D eigenvalue weighted by molar-refractivity contribution is -0.137. The van der Waals surface area contributed by atoms with Crippen LogP contribution in [0.15, 0.2) is 35.1 Å². The summed E-state index contributed by atoms with van der Waals surface area (Å²) in [6.45, 7) is 3.14. The van der Waals surface area contributed by atoms with Gasteiger partial charge in [0.05, 0.1) is 5.56 Å². The molecule has 0 unspecified atom stereocenters. The van der Waals surface area contributed by atoms with Gasteiger partial charge in [-0.3, -0.25) is 4.79 Å². The number of aromatic nitrogens is 1. The van der Waals surface area contributed by atoms with Crippen molar-refractivity contribution in [3.63, 3.8) is 0 Å². The molecule has 1 aromatic carbocycles. The highest BCUT2D eigenvalue weighted by Gasteiger charge is 2.30. The van der Waals surface area contributed by atoms with Gasteiger partial charge in [0, 0.05) is 23.1 Å². The monoisotopic (exact) mass is 292 g/mol. The molecule has 0 saturated carbocycles. The minimum Gasteiger partial charge on any atom is -0.317 e. The molecule has 1 heterocycles. The second-order valence-corrected chi connectivity index (χ2v) is 4.61. The number of rotatable bonds is 1. The molecule has 6 heteroatoms. The van der Waals surface area contributed by atoms with Crippen LogP contribution in [0.3, 0.4) is 0 Å². The Morgan fingerprint density at radius 3 is 2.43 bits per heavy atom. The van der Waals surface area contributed by atoms with Crippen LogP contribution < -0.4 is 5.43 Å². The maximum Gasteiger partial charge on any atom is 0.416 e. The Morgan fingerprint density at radius 2 is 1.86 bits per heavy atom. The molecule has 21 heavy (non-hydrogen) atoms. The molecule has 0 N–H and O–H groups in total. The van der Waals surface area contributed by atoms with Crippen LogP contribution in [0.1, 0.15) is 22.5 Å². The van der Waals surface area contributed by atoms with Gasteiger partial charge in [-0.15, -0.1) is 0 Å². The Balaban J connectivity index is 2.75. The van der Waals surface area contributed by atoms with Crippen LogP contribution in [0, 0.1) is 25.2 Å². The summed E-state index contributed by atoms with van der Waals surface area (Å²) < 4.78 is 39.8. The first-order valence-electron chi connectivity index (χ1n) is 6.06. The standard InChI is InChI=1S/C15H11F3N2O/c1-9-6-14(21)13(8-19)10(2)20(9)12-5-3-4-11(7-12)15(16,17)18/h3-7H,1-2H3. The molecule has 0 atom stereocenters. The van der Waals surface area contributed by atoms with Crippen LogP contribution in [-0.2, 0) is 6.18 Å². The van der Waals surface area contributed by atoms with E-state index in [9.17, 15) is 18.0 Å². The normalized spacial score (nSPS) is 11.2. The minimum atomic E-state index is -4.45. The van der Waals surface area contributed by atoms with Crippen molar-refractivity contribution < 1.29 is 13.2 Å². The van der Waals surface area contributed by atoms with Gasteiger partial charge in [-0.1, -0.05) is 6.07 Å². The van der Waals surface area contributed by atoms with Crippen molar-refractivity contribution in [1.82, 2.24) is 4.57 Å². The Morgan fingerprint density at radius 1 is 1.19 bits per heavy atom. The predicted octanol–water partition coefficient (Wildman–Crippen LogP) is 3.34. The zero-order valence-electron chi connectivity index (χ0n) is 11.3. The average Bonchev–Trinajstić information content (AvgIpc) is 2.38. The van der Waals surface area contributed by atoms with Crippen molar-refractivity contribution in [1.29, 1.82) is 5.26 Å². The van der Waals surface area contributed by atoms with Crippen molar-refractivity contribution in [3.8, 4) is 11.8 Å². The van der Waals surface area contributed by atoms with E-state index in [-0.39, 0.29) is 11.3 Å². The van der Waals surface area contributed by atoms with Crippen LogP contribution in [0.5, 0.6) is 0 Å². The second-order valence-electron chi connectivity index (χ2n) is 4.61. The van der Waals surface area contributed by atoms with Gasteiger partial charge < -0.3 is 4.57 Å². The van der Waals surface area contributed by atoms with Crippen molar-refractivity contribution in [2.24, 2.45) is 0 Å². The zero-order chi connectivity index (χ0) is 15.8. The van der Waals surface area contributed by atoms with E-state index in [4.69, 9.17) is 5.26 Å². The van der Waals surface area contributed by atoms with E-state index < -0.39 is 17.2 Å². The lowest BCUT2D eigenvalue weighted by atomic mass is 10.1. The first-order chi connectivity index (χ1) is 9.75. The van der Waals surface area contributed by atoms with Crippen LogP contribution in [-0.4, -0.2) is 4.57 Å². The summed E-state index contributed by atoms with van der Waals surface area (Å²) in [7, 11) is 0. The highest BCUT2D eigenvalue weighted by Crippen LogP contribution is 2.30. The number of hydrogen-bond donors (Lipinski definition) is 0. The van der Waals surface area contributed by atoms with E-state index >= 15 is 0 Å². The summed E-state index contributed by atoms with van der Waals surface area (Å²) in [5.41, 5.74) is -0.237. The molecule has 0 radical (unpaired) electrons. The van der Waals surface area contributed by atoms with Crippen LogP contribution in [0.4, 0.5) is 13.2 Å². The van der Waals surface area contributed by atoms with E-state index in [0.29, 0.717) is 11.4 Å². The van der Waals surface area contributed by atoms with Crippen molar-refractivity contribution >= 4 is 0 Å². The Hall–Kier alpha value is -2.55. The third kappa shape index (κ3) is 2.68. The average molecular weight is 292 g/mol. The van der Waals surface area contributed by atoms with Crippen LogP contribution in [0.2, 0.25) is 0 Å². The summed E-state index contributed by atoms with van der Waals surface area (Å²) in [6.07, 6.45) is -4.45. The fourth-order valence-electron chi connectivity index (χ4n) is 2.24. The number of alkyl halides is 3. The van der Waals surface area contributed by atoms with E-state index in [1.54, 1.807) is 13.0 Å². The van der Waals surface area contributed by atoms with Gasteiger partial charge in [0.15, 0.2) is 5.43 Å². The topological polar surface area (TPSA) is 45.8 Å². The van der Waals surface area contributed by atoms with E-state index in [1.165, 1.54) is 29.7 Å². The van der Waals surface area contributed by atoms with Crippen molar-refractivity contribution in [2.75, 3.05) is 0 Å². The molecule has 0 amide bonds. The number of nitriles is 1. The molecular formula is C15H11F3N2O.